The summed E-state index contributed by atoms with van der Waals surface area (Å²) in [4.78, 5) is 26.0. The van der Waals surface area contributed by atoms with Crippen LogP contribution in [0.15, 0.2) is 29.1 Å². The summed E-state index contributed by atoms with van der Waals surface area (Å²) in [7, 11) is 0. The lowest BCUT2D eigenvalue weighted by atomic mass is 10.2. The smallest absolute Gasteiger partial charge is 0.278 e. The molecule has 8 heteroatoms. The van der Waals surface area contributed by atoms with E-state index in [1.165, 1.54) is 4.90 Å². The van der Waals surface area contributed by atoms with Crippen LogP contribution in [-0.2, 0) is 11.3 Å². The second-order valence-corrected chi connectivity index (χ2v) is 4.77. The maximum Gasteiger partial charge on any atom is 0.278 e. The van der Waals surface area contributed by atoms with Gasteiger partial charge in [0.05, 0.1) is 30.4 Å². The summed E-state index contributed by atoms with van der Waals surface area (Å²) in [6.07, 6.45) is 0.324. The number of rotatable bonds is 6. The molecule has 1 heterocycles. The van der Waals surface area contributed by atoms with Crippen LogP contribution in [0.1, 0.15) is 12.8 Å². The standard InChI is InChI=1S/C15H14N6O2/c16-7-3-9-20(10-4-8-17)14(22)11-21-15(23)12-5-1-2-6-13(12)18-19-21/h1-2,5-6H,3-4,9-11H2. The predicted octanol–water partition coefficient (Wildman–Crippen LogP) is 0.447. The first kappa shape index (κ1) is 16.1. The van der Waals surface area contributed by atoms with Gasteiger partial charge in [0, 0.05) is 13.1 Å². The topological polar surface area (TPSA) is 116 Å². The largest absolute Gasteiger partial charge is 0.339 e. The van der Waals surface area contributed by atoms with Gasteiger partial charge in [-0.2, -0.15) is 10.5 Å². The normalized spacial score (nSPS) is 10.0. The molecule has 2 rings (SSSR count). The van der Waals surface area contributed by atoms with Gasteiger partial charge in [-0.15, -0.1) is 5.10 Å². The molecule has 0 aliphatic rings. The van der Waals surface area contributed by atoms with Gasteiger partial charge in [-0.25, -0.2) is 4.68 Å². The maximum absolute atomic E-state index is 12.3. The number of fused-ring (bicyclic) bond motifs is 1. The zero-order chi connectivity index (χ0) is 16.7. The second-order valence-electron chi connectivity index (χ2n) is 4.77. The van der Waals surface area contributed by atoms with Crippen molar-refractivity contribution in [2.24, 2.45) is 0 Å². The molecule has 0 fully saturated rings. The number of benzene rings is 1. The molecule has 23 heavy (non-hydrogen) atoms. The second kappa shape index (κ2) is 7.66. The number of nitrogens with zero attached hydrogens (tertiary/aromatic N) is 6. The van der Waals surface area contributed by atoms with Crippen molar-refractivity contribution in [1.82, 2.24) is 19.9 Å². The Bertz CT molecular complexity index is 827. The molecular formula is C15H14N6O2. The van der Waals surface area contributed by atoms with E-state index in [2.05, 4.69) is 10.3 Å². The van der Waals surface area contributed by atoms with Gasteiger partial charge in [0.2, 0.25) is 5.91 Å². The van der Waals surface area contributed by atoms with Crippen molar-refractivity contribution in [2.75, 3.05) is 13.1 Å². The maximum atomic E-state index is 12.3. The molecule has 8 nitrogen and oxygen atoms in total. The van der Waals surface area contributed by atoms with Gasteiger partial charge in [-0.3, -0.25) is 9.59 Å². The summed E-state index contributed by atoms with van der Waals surface area (Å²) in [5.74, 6) is -0.373. The van der Waals surface area contributed by atoms with Crippen LogP contribution in [0.5, 0.6) is 0 Å². The fraction of sp³-hybridized carbons (Fsp3) is 0.333. The third-order valence-electron chi connectivity index (χ3n) is 3.25. The van der Waals surface area contributed by atoms with Crippen molar-refractivity contribution in [1.29, 1.82) is 10.5 Å². The van der Waals surface area contributed by atoms with E-state index in [4.69, 9.17) is 10.5 Å². The minimum atomic E-state index is -0.399. The predicted molar refractivity (Wildman–Crippen MR) is 80.8 cm³/mol. The van der Waals surface area contributed by atoms with Crippen molar-refractivity contribution in [3.63, 3.8) is 0 Å². The van der Waals surface area contributed by atoms with Crippen molar-refractivity contribution in [3.05, 3.63) is 34.6 Å². The molecular weight excluding hydrogens is 296 g/mol. The monoisotopic (exact) mass is 310 g/mol. The van der Waals surface area contributed by atoms with Gasteiger partial charge in [0.15, 0.2) is 0 Å². The number of nitriles is 2. The van der Waals surface area contributed by atoms with E-state index in [9.17, 15) is 9.59 Å². The summed E-state index contributed by atoms with van der Waals surface area (Å²) >= 11 is 0. The zero-order valence-corrected chi connectivity index (χ0v) is 12.3. The molecule has 0 aliphatic carbocycles. The lowest BCUT2D eigenvalue weighted by molar-refractivity contribution is -0.132. The van der Waals surface area contributed by atoms with Crippen LogP contribution in [-0.4, -0.2) is 38.9 Å². The number of hydrogen-bond donors (Lipinski definition) is 0. The molecule has 0 atom stereocenters. The summed E-state index contributed by atoms with van der Waals surface area (Å²) in [6.45, 7) is 0.160. The van der Waals surface area contributed by atoms with E-state index in [0.717, 1.165) is 4.68 Å². The Morgan fingerprint density at radius 3 is 2.48 bits per heavy atom. The third-order valence-corrected chi connectivity index (χ3v) is 3.25. The Hall–Kier alpha value is -3.26. The van der Waals surface area contributed by atoms with Crippen LogP contribution in [0, 0.1) is 22.7 Å². The van der Waals surface area contributed by atoms with Crippen molar-refractivity contribution in [3.8, 4) is 12.1 Å². The number of carbonyl (C=O) groups is 1. The Balaban J connectivity index is 2.21. The average molecular weight is 310 g/mol. The highest BCUT2D eigenvalue weighted by Crippen LogP contribution is 2.04. The third kappa shape index (κ3) is 3.89. The molecule has 1 aromatic heterocycles. The van der Waals surface area contributed by atoms with Crippen LogP contribution in [0.4, 0.5) is 0 Å². The number of carbonyl (C=O) groups excluding carboxylic acids is 1. The van der Waals surface area contributed by atoms with E-state index < -0.39 is 5.56 Å². The molecule has 0 N–H and O–H groups in total. The highest BCUT2D eigenvalue weighted by Gasteiger charge is 2.16. The number of amides is 1. The van der Waals surface area contributed by atoms with Gasteiger partial charge < -0.3 is 4.90 Å². The Morgan fingerprint density at radius 2 is 1.83 bits per heavy atom. The van der Waals surface area contributed by atoms with Crippen LogP contribution in [0.25, 0.3) is 10.9 Å². The minimum Gasteiger partial charge on any atom is -0.339 e. The quantitative estimate of drug-likeness (QED) is 0.764. The molecule has 1 amide bonds. The summed E-state index contributed by atoms with van der Waals surface area (Å²) in [5, 5.41) is 25.4. The van der Waals surface area contributed by atoms with Crippen LogP contribution in [0.2, 0.25) is 0 Å². The molecule has 0 aliphatic heterocycles. The molecule has 2 aromatic rings. The Morgan fingerprint density at radius 1 is 1.17 bits per heavy atom. The first-order valence-corrected chi connectivity index (χ1v) is 7.01. The van der Waals surface area contributed by atoms with Gasteiger partial charge in [0.25, 0.3) is 5.56 Å². The van der Waals surface area contributed by atoms with E-state index >= 15 is 0 Å². The minimum absolute atomic E-state index is 0.162. The molecule has 0 saturated heterocycles. The molecule has 1 aromatic carbocycles. The van der Waals surface area contributed by atoms with E-state index in [-0.39, 0.29) is 38.4 Å². The van der Waals surface area contributed by atoms with Gasteiger partial charge >= 0.3 is 0 Å². The number of aromatic nitrogens is 3. The summed E-state index contributed by atoms with van der Waals surface area (Å²) in [5.41, 5.74) is 0.0662. The van der Waals surface area contributed by atoms with Crippen molar-refractivity contribution >= 4 is 16.8 Å². The van der Waals surface area contributed by atoms with Gasteiger partial charge in [-0.1, -0.05) is 17.3 Å². The summed E-state index contributed by atoms with van der Waals surface area (Å²) in [6, 6.07) is 10.7. The van der Waals surface area contributed by atoms with Crippen LogP contribution < -0.4 is 5.56 Å². The molecule has 0 spiro atoms. The molecule has 0 radical (unpaired) electrons. The van der Waals surface area contributed by atoms with Crippen LogP contribution >= 0.6 is 0 Å². The van der Waals surface area contributed by atoms with E-state index in [1.54, 1.807) is 24.3 Å². The lowest BCUT2D eigenvalue weighted by Gasteiger charge is -2.20. The lowest BCUT2D eigenvalue weighted by Crippen LogP contribution is -2.38. The molecule has 0 unspecified atom stereocenters. The van der Waals surface area contributed by atoms with Crippen LogP contribution in [0.3, 0.4) is 0 Å². The van der Waals surface area contributed by atoms with Gasteiger partial charge in [-0.05, 0) is 12.1 Å². The Kier molecular flexibility index (Phi) is 5.37. The van der Waals surface area contributed by atoms with Gasteiger partial charge in [0.1, 0.15) is 12.1 Å². The molecule has 116 valence electrons. The summed E-state index contributed by atoms with van der Waals surface area (Å²) < 4.78 is 0.996. The fourth-order valence-electron chi connectivity index (χ4n) is 2.09. The SMILES string of the molecule is N#CCCN(CCC#N)C(=O)Cn1nnc2ccccc2c1=O. The average Bonchev–Trinajstić information content (AvgIpc) is 2.57. The molecule has 0 saturated carbocycles. The highest BCUT2D eigenvalue weighted by molar-refractivity contribution is 5.78. The van der Waals surface area contributed by atoms with E-state index in [1.807, 2.05) is 12.1 Å². The first-order valence-electron chi connectivity index (χ1n) is 7.01. The fourth-order valence-corrected chi connectivity index (χ4v) is 2.09. The molecule has 0 bridgehead atoms. The highest BCUT2D eigenvalue weighted by atomic mass is 16.2. The zero-order valence-electron chi connectivity index (χ0n) is 12.3. The first-order chi connectivity index (χ1) is 11.2. The van der Waals surface area contributed by atoms with E-state index in [0.29, 0.717) is 10.9 Å². The van der Waals surface area contributed by atoms with Crippen molar-refractivity contribution < 1.29 is 4.79 Å². The Labute approximate surface area is 132 Å². The van der Waals surface area contributed by atoms with Crippen molar-refractivity contribution in [2.45, 2.75) is 19.4 Å². The number of hydrogen-bond acceptors (Lipinski definition) is 6.